The first kappa shape index (κ1) is 126. The third kappa shape index (κ3) is 68.9. The minimum absolute atomic E-state index is 0. The molecule has 118 heavy (non-hydrogen) atoms. The summed E-state index contributed by atoms with van der Waals surface area (Å²) in [5.74, 6) is 9.05. The van der Waals surface area contributed by atoms with Gasteiger partial charge < -0.3 is 14.5 Å². The van der Waals surface area contributed by atoms with E-state index in [4.69, 9.17) is 9.15 Å². The van der Waals surface area contributed by atoms with Gasteiger partial charge in [0, 0.05) is 51.2 Å². The molecule has 0 radical (unpaired) electrons. The lowest BCUT2D eigenvalue weighted by atomic mass is 9.92. The van der Waals surface area contributed by atoms with Crippen LogP contribution in [-0.4, -0.2) is 28.9 Å². The van der Waals surface area contributed by atoms with E-state index in [9.17, 15) is 0 Å². The third-order valence-corrected chi connectivity index (χ3v) is 15.7. The molecule has 0 unspecified atom stereocenters. The summed E-state index contributed by atoms with van der Waals surface area (Å²) in [5, 5.41) is 11.6. The summed E-state index contributed by atoms with van der Waals surface area (Å²) in [4.78, 5) is 9.69. The zero-order valence-electron chi connectivity index (χ0n) is 73.1. The molecule has 5 nitrogen and oxygen atoms in total. The fraction of sp³-hybridized carbons (Fsp3) is 0.477. The van der Waals surface area contributed by atoms with Gasteiger partial charge in [-0.1, -0.05) is 389 Å². The van der Waals surface area contributed by atoms with Crippen LogP contribution in [-0.2, 0) is 32.1 Å². The average molecular weight is 1650 g/mol. The van der Waals surface area contributed by atoms with Gasteiger partial charge in [-0.3, -0.25) is 9.97 Å². The predicted molar refractivity (Wildman–Crippen MR) is 552 cm³/mol. The van der Waals surface area contributed by atoms with Crippen LogP contribution >= 0.6 is 23.1 Å². The molecule has 1 N–H and O–H groups in total. The van der Waals surface area contributed by atoms with Crippen LogP contribution in [0, 0.1) is 47.3 Å². The number of aromatic nitrogens is 2. The standard InChI is InChI=1S/C10H12.C9H11N.2C9H7N.C9H10O.C9H10S.C8H6O.C8H6S.8C4H10.8CH4/c1-2-6-10-8-4-3-7-9(10)5-1;2*1-2-6-9-8(4-1)5-3-7-10-9;1-2-4-9-7-10-6-5-8(9)3-1;2*1-2-6-9-8(4-1)5-3-7-10-9;2*1-2-4-8-7(3-1)5-6-9-8;8*1-4(2)3;;;;;;;;/h1-2,5-6H,3-4,7-8H2;1-2,4,6,10H,3,5,7H2;2*1-7H;2*1-2,4,6H,3,5,7H2;2*1-6H;8*4H,1-3H3;8*1H4. The second-order valence-corrected chi connectivity index (χ2v) is 35.1. The predicted octanol–water partition coefficient (Wildman–Crippen LogP) is 37.5. The molecule has 4 aliphatic rings. The Labute approximate surface area is 740 Å². The number of aryl methyl sites for hydroxylation is 5. The van der Waals surface area contributed by atoms with Gasteiger partial charge in [-0.15, -0.1) is 23.1 Å². The van der Waals surface area contributed by atoms with Crippen molar-refractivity contribution in [2.75, 3.05) is 24.2 Å². The number of hydrogen-bond donors (Lipinski definition) is 1. The van der Waals surface area contributed by atoms with Crippen LogP contribution in [0.3, 0.4) is 0 Å². The number of fused-ring (bicyclic) bond motifs is 8. The molecule has 0 bridgehead atoms. The Kier molecular flexibility index (Phi) is 85.3. The van der Waals surface area contributed by atoms with E-state index in [-0.39, 0.29) is 59.4 Å². The molecular weight excluding hydrogens is 1470 g/mol. The molecule has 7 heterocycles. The van der Waals surface area contributed by atoms with E-state index in [2.05, 4.69) is 326 Å². The van der Waals surface area contributed by atoms with Crippen molar-refractivity contribution >= 4 is 71.5 Å². The minimum Gasteiger partial charge on any atom is -0.493 e. The smallest absolute Gasteiger partial charge is 0.133 e. The molecule has 664 valence electrons. The Morgan fingerprint density at radius 1 is 0.322 bits per heavy atom. The normalized spacial score (nSPS) is 11.1. The van der Waals surface area contributed by atoms with Crippen LogP contribution in [0.25, 0.3) is 42.7 Å². The number of hydrogen-bond acceptors (Lipinski definition) is 7. The van der Waals surface area contributed by atoms with Crippen LogP contribution in [0.4, 0.5) is 5.69 Å². The van der Waals surface area contributed by atoms with E-state index < -0.39 is 0 Å². The summed E-state index contributed by atoms with van der Waals surface area (Å²) >= 11 is 3.78. The Balaban J connectivity index is -0.000000184. The number of pyridine rings is 2. The maximum Gasteiger partial charge on any atom is 0.133 e. The van der Waals surface area contributed by atoms with Crippen molar-refractivity contribution in [3.63, 3.8) is 0 Å². The van der Waals surface area contributed by atoms with Gasteiger partial charge in [-0.2, -0.15) is 0 Å². The summed E-state index contributed by atoms with van der Waals surface area (Å²) in [7, 11) is 0. The number of thiophene rings is 1. The molecule has 16 rings (SSSR count). The SMILES string of the molecule is C.C.C.C.C.C.C.C.CC(C)C.CC(C)C.CC(C)C.CC(C)C.CC(C)C.CC(C)C.CC(C)C.CC(C)C.c1ccc2c(c1)CCCC2.c1ccc2c(c1)CCCN2.c1ccc2c(c1)CCCO2.c1ccc2c(c1)CCCS2.c1ccc2cnccc2c1.c1ccc2ncccc2c1.c1ccc2occc2c1.c1ccc2sccc2c1. The molecule has 8 aromatic carbocycles. The topological polar surface area (TPSA) is 60.2 Å². The van der Waals surface area contributed by atoms with Gasteiger partial charge in [0.15, 0.2) is 0 Å². The summed E-state index contributed by atoms with van der Waals surface area (Å²) in [5.41, 5.74) is 10.9. The van der Waals surface area contributed by atoms with Crippen molar-refractivity contribution in [2.45, 2.75) is 295 Å². The van der Waals surface area contributed by atoms with Gasteiger partial charge in [-0.25, -0.2) is 0 Å². The number of thioether (sulfide) groups is 1. The molecule has 0 saturated heterocycles. The lowest BCUT2D eigenvalue weighted by Gasteiger charge is -2.16. The Morgan fingerprint density at radius 3 is 1.23 bits per heavy atom. The van der Waals surface area contributed by atoms with E-state index in [1.54, 1.807) is 34.3 Å². The zero-order chi connectivity index (χ0) is 81.7. The van der Waals surface area contributed by atoms with E-state index in [1.807, 2.05) is 115 Å². The Morgan fingerprint density at radius 2 is 0.729 bits per heavy atom. The van der Waals surface area contributed by atoms with Crippen molar-refractivity contribution in [3.8, 4) is 5.75 Å². The van der Waals surface area contributed by atoms with Crippen LogP contribution in [0.1, 0.15) is 286 Å². The van der Waals surface area contributed by atoms with Crippen molar-refractivity contribution in [3.05, 3.63) is 283 Å². The molecule has 0 fully saturated rings. The average Bonchev–Trinajstić information content (AvgIpc) is 1.85. The number of furan rings is 1. The van der Waals surface area contributed by atoms with Crippen LogP contribution in [0.2, 0.25) is 0 Å². The molecular formula is C111H181N3O2S2. The minimum atomic E-state index is 0. The molecule has 0 spiro atoms. The lowest BCUT2D eigenvalue weighted by Crippen LogP contribution is -2.10. The summed E-state index contributed by atoms with van der Waals surface area (Å²) in [6, 6.07) is 77.0. The molecule has 7 heteroatoms. The van der Waals surface area contributed by atoms with Gasteiger partial charge >= 0.3 is 0 Å². The first-order valence-electron chi connectivity index (χ1n) is 41.3. The highest BCUT2D eigenvalue weighted by Gasteiger charge is 2.09. The Bertz CT molecular complexity index is 3370. The van der Waals surface area contributed by atoms with Gasteiger partial charge in [0.2, 0.25) is 0 Å². The maximum atomic E-state index is 5.42. The number of benzene rings is 8. The lowest BCUT2D eigenvalue weighted by molar-refractivity contribution is 0.288. The fourth-order valence-electron chi connectivity index (χ4n) is 9.54. The number of anilines is 1. The summed E-state index contributed by atoms with van der Waals surface area (Å²) in [6.07, 6.45) is 20.0. The van der Waals surface area contributed by atoms with Crippen molar-refractivity contribution in [1.82, 2.24) is 9.97 Å². The third-order valence-electron chi connectivity index (χ3n) is 13.6. The second-order valence-electron chi connectivity index (χ2n) is 33.0. The van der Waals surface area contributed by atoms with Crippen molar-refractivity contribution in [2.24, 2.45) is 47.3 Å². The molecule has 1 aliphatic carbocycles. The fourth-order valence-corrected chi connectivity index (χ4v) is 11.4. The van der Waals surface area contributed by atoms with E-state index in [0.29, 0.717) is 0 Å². The maximum absolute atomic E-state index is 5.42. The number of ether oxygens (including phenoxy) is 1. The van der Waals surface area contributed by atoms with Crippen LogP contribution in [0.15, 0.2) is 264 Å². The monoisotopic (exact) mass is 1650 g/mol. The number of rotatable bonds is 0. The van der Waals surface area contributed by atoms with E-state index in [1.165, 1.54) is 111 Å². The van der Waals surface area contributed by atoms with Gasteiger partial charge in [0.05, 0.1) is 18.4 Å². The molecule has 0 atom stereocenters. The van der Waals surface area contributed by atoms with E-state index in [0.717, 1.165) is 89.2 Å². The van der Waals surface area contributed by atoms with Crippen LogP contribution < -0.4 is 10.1 Å². The number of para-hydroxylation sites is 4. The zero-order valence-corrected chi connectivity index (χ0v) is 74.7. The van der Waals surface area contributed by atoms with Crippen molar-refractivity contribution in [1.29, 1.82) is 0 Å². The summed E-state index contributed by atoms with van der Waals surface area (Å²) in [6.45, 7) is 54.0. The molecule has 3 aliphatic heterocycles. The largest absolute Gasteiger partial charge is 0.493 e. The van der Waals surface area contributed by atoms with Gasteiger partial charge in [0.1, 0.15) is 11.3 Å². The van der Waals surface area contributed by atoms with Gasteiger partial charge in [-0.05, 0) is 227 Å². The van der Waals surface area contributed by atoms with Gasteiger partial charge in [0.25, 0.3) is 0 Å². The van der Waals surface area contributed by atoms with Crippen molar-refractivity contribution < 1.29 is 9.15 Å². The molecule has 12 aromatic rings. The first-order valence-corrected chi connectivity index (χ1v) is 43.2. The summed E-state index contributed by atoms with van der Waals surface area (Å²) < 4.78 is 11.9. The first-order chi connectivity index (χ1) is 52.6. The molecule has 0 saturated carbocycles. The highest BCUT2D eigenvalue weighted by atomic mass is 32.2. The van der Waals surface area contributed by atoms with Crippen LogP contribution in [0.5, 0.6) is 5.75 Å². The number of nitrogens with one attached hydrogen (secondary N) is 1. The second kappa shape index (κ2) is 80.1. The molecule has 0 amide bonds. The Hall–Kier alpha value is -7.97. The highest BCUT2D eigenvalue weighted by molar-refractivity contribution is 7.99. The quantitative estimate of drug-likeness (QED) is 0.163. The molecule has 4 aromatic heterocycles. The number of nitrogens with zero attached hydrogens (tertiary/aromatic N) is 2. The highest BCUT2D eigenvalue weighted by Crippen LogP contribution is 2.29. The van der Waals surface area contributed by atoms with E-state index >= 15 is 0 Å².